The zero-order valence-corrected chi connectivity index (χ0v) is 20.1. The summed E-state index contributed by atoms with van der Waals surface area (Å²) in [6, 6.07) is 11.9. The Bertz CT molecular complexity index is 1170. The molecule has 0 spiro atoms. The van der Waals surface area contributed by atoms with E-state index in [1.807, 2.05) is 24.4 Å². The normalized spacial score (nSPS) is 21.2. The van der Waals surface area contributed by atoms with E-state index in [1.165, 1.54) is 25.0 Å². The second-order valence-corrected chi connectivity index (χ2v) is 10.5. The number of nitrogens with zero attached hydrogens (tertiary/aromatic N) is 3. The van der Waals surface area contributed by atoms with Crippen molar-refractivity contribution in [3.8, 4) is 10.6 Å². The van der Waals surface area contributed by atoms with Crippen LogP contribution in [0.3, 0.4) is 0 Å². The largest absolute Gasteiger partial charge is 0.351 e. The lowest BCUT2D eigenvalue weighted by atomic mass is 9.93. The average Bonchev–Trinajstić information content (AvgIpc) is 3.43. The average molecular weight is 481 g/mol. The fourth-order valence-electron chi connectivity index (χ4n) is 4.97. The van der Waals surface area contributed by atoms with E-state index >= 15 is 0 Å². The van der Waals surface area contributed by atoms with Crippen molar-refractivity contribution in [2.45, 2.75) is 70.1 Å². The maximum absolute atomic E-state index is 13.8. The molecule has 1 N–H and O–H groups in total. The third-order valence-corrected chi connectivity index (χ3v) is 7.90. The second-order valence-electron chi connectivity index (χ2n) is 9.50. The molecule has 8 heteroatoms. The van der Waals surface area contributed by atoms with Crippen molar-refractivity contribution >= 4 is 23.2 Å². The van der Waals surface area contributed by atoms with Crippen LogP contribution in [-0.2, 0) is 17.9 Å². The van der Waals surface area contributed by atoms with E-state index in [1.54, 1.807) is 39.1 Å². The molecule has 1 fully saturated rings. The van der Waals surface area contributed by atoms with E-state index in [0.717, 1.165) is 41.8 Å². The molecule has 1 aromatic carbocycles. The Morgan fingerprint density at radius 2 is 1.91 bits per heavy atom. The Kier molecular flexibility index (Phi) is 6.25. The summed E-state index contributed by atoms with van der Waals surface area (Å²) < 4.78 is 15.2. The monoisotopic (exact) mass is 480 g/mol. The van der Waals surface area contributed by atoms with Crippen molar-refractivity contribution < 1.29 is 14.0 Å². The van der Waals surface area contributed by atoms with Gasteiger partial charge in [0.1, 0.15) is 22.7 Å². The number of aromatic nitrogens is 2. The molecule has 0 saturated heterocycles. The van der Waals surface area contributed by atoms with E-state index in [-0.39, 0.29) is 36.8 Å². The molecule has 0 radical (unpaired) electrons. The maximum Gasteiger partial charge on any atom is 0.273 e. The van der Waals surface area contributed by atoms with Gasteiger partial charge >= 0.3 is 0 Å². The van der Waals surface area contributed by atoms with Gasteiger partial charge in [-0.2, -0.15) is 5.10 Å². The van der Waals surface area contributed by atoms with Gasteiger partial charge in [0.05, 0.1) is 11.4 Å². The van der Waals surface area contributed by atoms with Crippen LogP contribution in [-0.4, -0.2) is 38.1 Å². The molecule has 3 aromatic rings. The van der Waals surface area contributed by atoms with E-state index in [0.29, 0.717) is 5.69 Å². The van der Waals surface area contributed by atoms with Crippen LogP contribution in [0.1, 0.15) is 61.5 Å². The smallest absolute Gasteiger partial charge is 0.273 e. The van der Waals surface area contributed by atoms with E-state index < -0.39 is 5.54 Å². The maximum atomic E-state index is 13.8. The van der Waals surface area contributed by atoms with Crippen LogP contribution < -0.4 is 5.32 Å². The van der Waals surface area contributed by atoms with Gasteiger partial charge in [-0.3, -0.25) is 14.3 Å². The number of hydrogen-bond acceptors (Lipinski definition) is 4. The van der Waals surface area contributed by atoms with Gasteiger partial charge < -0.3 is 10.2 Å². The molecule has 0 bridgehead atoms. The van der Waals surface area contributed by atoms with Gasteiger partial charge in [-0.15, -0.1) is 11.3 Å². The van der Waals surface area contributed by atoms with Crippen molar-refractivity contribution in [1.29, 1.82) is 0 Å². The highest BCUT2D eigenvalue weighted by Gasteiger charge is 2.48. The van der Waals surface area contributed by atoms with Gasteiger partial charge in [-0.1, -0.05) is 43.9 Å². The van der Waals surface area contributed by atoms with Crippen LogP contribution in [0.4, 0.5) is 4.39 Å². The summed E-state index contributed by atoms with van der Waals surface area (Å²) in [6.07, 6.45) is 6.52. The predicted octanol–water partition coefficient (Wildman–Crippen LogP) is 5.00. The van der Waals surface area contributed by atoms with E-state index in [9.17, 15) is 14.0 Å². The molecule has 1 aliphatic heterocycles. The molecular weight excluding hydrogens is 451 g/mol. The van der Waals surface area contributed by atoms with Gasteiger partial charge in [-0.25, -0.2) is 4.39 Å². The fraction of sp³-hybridized carbons (Fsp3) is 0.423. The number of carbonyl (C=O) groups is 2. The SMILES string of the molecule is CC1(C(=O)NC2CCCCCC2)Cn2nc(-c3cccs3)cc2C(=O)N1Cc1ccc(F)cc1. The first-order valence-electron chi connectivity index (χ1n) is 11.9. The Labute approximate surface area is 202 Å². The predicted molar refractivity (Wildman–Crippen MR) is 130 cm³/mol. The standard InChI is InChI=1S/C26H29FN4O2S/c1-26(25(33)28-20-7-4-2-3-5-8-20)17-31-22(15-21(29-31)23-9-6-14-34-23)24(32)30(26)16-18-10-12-19(27)13-11-18/h6,9-15,20H,2-5,7-8,16-17H2,1H3,(H,28,33). The topological polar surface area (TPSA) is 67.2 Å². The number of thiophene rings is 1. The number of amides is 2. The summed E-state index contributed by atoms with van der Waals surface area (Å²) in [4.78, 5) is 30.1. The minimum atomic E-state index is -1.12. The van der Waals surface area contributed by atoms with Crippen LogP contribution in [0, 0.1) is 5.82 Å². The molecule has 1 aliphatic carbocycles. The Morgan fingerprint density at radius 3 is 2.59 bits per heavy atom. The third kappa shape index (κ3) is 4.39. The Hall–Kier alpha value is -3.00. The number of carbonyl (C=O) groups excluding carboxylic acids is 2. The number of hydrogen-bond donors (Lipinski definition) is 1. The highest BCUT2D eigenvalue weighted by Crippen LogP contribution is 2.33. The van der Waals surface area contributed by atoms with Gasteiger partial charge in [0, 0.05) is 12.6 Å². The zero-order valence-electron chi connectivity index (χ0n) is 19.3. The van der Waals surface area contributed by atoms with Crippen molar-refractivity contribution in [2.75, 3.05) is 0 Å². The number of nitrogens with one attached hydrogen (secondary N) is 1. The Balaban J connectivity index is 1.49. The molecular formula is C26H29FN4O2S. The van der Waals surface area contributed by atoms with E-state index in [2.05, 4.69) is 10.4 Å². The number of rotatable bonds is 5. The van der Waals surface area contributed by atoms with Gasteiger partial charge in [0.2, 0.25) is 5.91 Å². The first-order valence-corrected chi connectivity index (χ1v) is 12.8. The number of fused-ring (bicyclic) bond motifs is 1. The molecule has 5 rings (SSSR count). The molecule has 1 atom stereocenters. The van der Waals surface area contributed by atoms with Crippen LogP contribution in [0.5, 0.6) is 0 Å². The summed E-state index contributed by atoms with van der Waals surface area (Å²) in [5, 5.41) is 9.91. The highest BCUT2D eigenvalue weighted by molar-refractivity contribution is 7.13. The van der Waals surface area contributed by atoms with Crippen molar-refractivity contribution in [2.24, 2.45) is 0 Å². The van der Waals surface area contributed by atoms with E-state index in [4.69, 9.17) is 0 Å². The molecule has 2 amide bonds. The Morgan fingerprint density at radius 1 is 1.18 bits per heavy atom. The summed E-state index contributed by atoms with van der Waals surface area (Å²) in [5.74, 6) is -0.737. The summed E-state index contributed by atoms with van der Waals surface area (Å²) in [6.45, 7) is 2.29. The lowest BCUT2D eigenvalue weighted by Crippen LogP contribution is -2.64. The van der Waals surface area contributed by atoms with Crippen molar-refractivity contribution in [1.82, 2.24) is 20.0 Å². The fourth-order valence-corrected chi connectivity index (χ4v) is 5.65. The molecule has 34 heavy (non-hydrogen) atoms. The lowest BCUT2D eigenvalue weighted by Gasteiger charge is -2.44. The first-order chi connectivity index (χ1) is 16.4. The minimum Gasteiger partial charge on any atom is -0.351 e. The third-order valence-electron chi connectivity index (χ3n) is 7.00. The molecule has 2 aromatic heterocycles. The van der Waals surface area contributed by atoms with Crippen LogP contribution in [0.15, 0.2) is 47.8 Å². The van der Waals surface area contributed by atoms with Crippen molar-refractivity contribution in [3.63, 3.8) is 0 Å². The minimum absolute atomic E-state index is 0.121. The van der Waals surface area contributed by atoms with Crippen LogP contribution in [0.2, 0.25) is 0 Å². The second kappa shape index (κ2) is 9.33. The van der Waals surface area contributed by atoms with Crippen molar-refractivity contribution in [3.05, 3.63) is 64.9 Å². The zero-order chi connectivity index (χ0) is 23.7. The van der Waals surface area contributed by atoms with Gasteiger partial charge in [0.15, 0.2) is 0 Å². The van der Waals surface area contributed by atoms with Crippen LogP contribution in [0.25, 0.3) is 10.6 Å². The number of halogens is 1. The molecule has 3 heterocycles. The molecule has 1 unspecified atom stereocenters. The number of benzene rings is 1. The summed E-state index contributed by atoms with van der Waals surface area (Å²) in [7, 11) is 0. The lowest BCUT2D eigenvalue weighted by molar-refractivity contribution is -0.134. The summed E-state index contributed by atoms with van der Waals surface area (Å²) >= 11 is 1.56. The quantitative estimate of drug-likeness (QED) is 0.523. The summed E-state index contributed by atoms with van der Waals surface area (Å²) in [5.41, 5.74) is 0.845. The van der Waals surface area contributed by atoms with Crippen LogP contribution >= 0.6 is 11.3 Å². The van der Waals surface area contributed by atoms with Gasteiger partial charge in [-0.05, 0) is 55.0 Å². The highest BCUT2D eigenvalue weighted by atomic mass is 32.1. The molecule has 1 saturated carbocycles. The molecule has 2 aliphatic rings. The molecule has 6 nitrogen and oxygen atoms in total. The first kappa shape index (κ1) is 22.8. The van der Waals surface area contributed by atoms with Gasteiger partial charge in [0.25, 0.3) is 5.91 Å². The molecule has 178 valence electrons.